The van der Waals surface area contributed by atoms with Crippen LogP contribution < -0.4 is 5.32 Å². The van der Waals surface area contributed by atoms with Gasteiger partial charge in [0.15, 0.2) is 0 Å². The molecule has 20 heavy (non-hydrogen) atoms. The van der Waals surface area contributed by atoms with Crippen LogP contribution in [-0.2, 0) is 16.6 Å². The zero-order valence-electron chi connectivity index (χ0n) is 12.3. The van der Waals surface area contributed by atoms with Gasteiger partial charge in [-0.05, 0) is 19.1 Å². The van der Waals surface area contributed by atoms with Gasteiger partial charge in [-0.3, -0.25) is 9.48 Å². The number of thioether (sulfide) groups is 1. The minimum absolute atomic E-state index is 0.0291. The van der Waals surface area contributed by atoms with Crippen molar-refractivity contribution in [3.05, 3.63) is 18.0 Å². The largest absolute Gasteiger partial charge is 0.371 e. The number of aromatic nitrogens is 2. The van der Waals surface area contributed by atoms with Crippen molar-refractivity contribution in [2.24, 2.45) is 13.0 Å². The summed E-state index contributed by atoms with van der Waals surface area (Å²) in [7, 11) is 1.89. The summed E-state index contributed by atoms with van der Waals surface area (Å²) >= 11 is 1.70. The number of hydrogen-bond donors (Lipinski definition) is 1. The quantitative estimate of drug-likeness (QED) is 0.899. The molecule has 0 aromatic carbocycles. The predicted molar refractivity (Wildman–Crippen MR) is 80.6 cm³/mol. The smallest absolute Gasteiger partial charge is 0.223 e. The molecule has 2 heterocycles. The molecule has 5 nitrogen and oxygen atoms in total. The number of nitrogens with zero attached hydrogens (tertiary/aromatic N) is 2. The lowest BCUT2D eigenvalue weighted by atomic mass is 9.97. The molecule has 0 saturated carbocycles. The van der Waals surface area contributed by atoms with Gasteiger partial charge < -0.3 is 10.1 Å². The lowest BCUT2D eigenvalue weighted by Crippen LogP contribution is -2.45. The second-order valence-corrected chi connectivity index (χ2v) is 6.26. The predicted octanol–water partition coefficient (Wildman–Crippen LogP) is 1.76. The summed E-state index contributed by atoms with van der Waals surface area (Å²) in [6.45, 7) is 2.71. The van der Waals surface area contributed by atoms with Gasteiger partial charge in [0.25, 0.3) is 0 Å². The van der Waals surface area contributed by atoms with Crippen LogP contribution in [0, 0.1) is 5.92 Å². The molecule has 0 radical (unpaired) electrons. The number of carbonyl (C=O) groups excluding carboxylic acids is 1. The summed E-state index contributed by atoms with van der Waals surface area (Å²) in [6.07, 6.45) is 7.66. The second kappa shape index (κ2) is 7.13. The number of hydrogen-bond acceptors (Lipinski definition) is 4. The van der Waals surface area contributed by atoms with Crippen LogP contribution in [-0.4, -0.2) is 40.3 Å². The zero-order chi connectivity index (χ0) is 14.5. The number of aryl methyl sites for hydroxylation is 1. The topological polar surface area (TPSA) is 56.1 Å². The average molecular weight is 297 g/mol. The molecule has 2 rings (SSSR count). The van der Waals surface area contributed by atoms with Gasteiger partial charge in [0.1, 0.15) is 6.10 Å². The van der Waals surface area contributed by atoms with Crippen LogP contribution >= 0.6 is 11.8 Å². The molecule has 112 valence electrons. The molecule has 1 aliphatic rings. The fourth-order valence-electron chi connectivity index (χ4n) is 2.50. The summed E-state index contributed by atoms with van der Waals surface area (Å²) in [4.78, 5) is 12.2. The standard InChI is InChI=1S/C14H23N3O2S/c1-10(9-20-3)14(18)16-12-5-4-6-19-13(12)11-7-15-17(2)8-11/h7-8,10,12-13H,4-6,9H2,1-3H3,(H,16,18)/t10-,12+,13-/m1/s1. The van der Waals surface area contributed by atoms with Crippen LogP contribution in [0.5, 0.6) is 0 Å². The van der Waals surface area contributed by atoms with E-state index in [4.69, 9.17) is 4.74 Å². The van der Waals surface area contributed by atoms with Gasteiger partial charge in [-0.1, -0.05) is 6.92 Å². The van der Waals surface area contributed by atoms with Crippen LogP contribution in [0.1, 0.15) is 31.4 Å². The van der Waals surface area contributed by atoms with E-state index in [-0.39, 0.29) is 24.0 Å². The fourth-order valence-corrected chi connectivity index (χ4v) is 3.15. The van der Waals surface area contributed by atoms with Crippen LogP contribution in [0.25, 0.3) is 0 Å². The highest BCUT2D eigenvalue weighted by molar-refractivity contribution is 7.98. The van der Waals surface area contributed by atoms with Crippen molar-refractivity contribution in [1.29, 1.82) is 0 Å². The van der Waals surface area contributed by atoms with E-state index >= 15 is 0 Å². The third-order valence-electron chi connectivity index (χ3n) is 3.57. The van der Waals surface area contributed by atoms with Gasteiger partial charge >= 0.3 is 0 Å². The molecule has 0 bridgehead atoms. The Labute approximate surface area is 124 Å². The first kappa shape index (κ1) is 15.4. The van der Waals surface area contributed by atoms with Gasteiger partial charge in [-0.15, -0.1) is 0 Å². The minimum Gasteiger partial charge on any atom is -0.371 e. The lowest BCUT2D eigenvalue weighted by Gasteiger charge is -2.32. The lowest BCUT2D eigenvalue weighted by molar-refractivity contribution is -0.127. The Balaban J connectivity index is 2.02. The molecule has 0 unspecified atom stereocenters. The highest BCUT2D eigenvalue weighted by Crippen LogP contribution is 2.28. The Kier molecular flexibility index (Phi) is 5.48. The first-order chi connectivity index (χ1) is 9.61. The monoisotopic (exact) mass is 297 g/mol. The summed E-state index contributed by atoms with van der Waals surface area (Å²) in [6, 6.07) is 0.0461. The van der Waals surface area contributed by atoms with E-state index in [9.17, 15) is 4.79 Å². The fraction of sp³-hybridized carbons (Fsp3) is 0.714. The highest BCUT2D eigenvalue weighted by Gasteiger charge is 2.30. The molecule has 1 aromatic heterocycles. The van der Waals surface area contributed by atoms with E-state index in [1.807, 2.05) is 32.6 Å². The van der Waals surface area contributed by atoms with Crippen LogP contribution in [0.4, 0.5) is 0 Å². The number of ether oxygens (including phenoxy) is 1. The Bertz CT molecular complexity index is 449. The van der Waals surface area contributed by atoms with Crippen molar-refractivity contribution in [3.63, 3.8) is 0 Å². The summed E-state index contributed by atoms with van der Waals surface area (Å²) in [5.74, 6) is 0.988. The molecule has 1 fully saturated rings. The van der Waals surface area contributed by atoms with Gasteiger partial charge in [0, 0.05) is 37.1 Å². The summed E-state index contributed by atoms with van der Waals surface area (Å²) < 4.78 is 7.62. The van der Waals surface area contributed by atoms with E-state index in [0.717, 1.165) is 30.8 Å². The van der Waals surface area contributed by atoms with E-state index in [1.54, 1.807) is 16.4 Å². The number of rotatable bonds is 5. The van der Waals surface area contributed by atoms with Crippen molar-refractivity contribution in [1.82, 2.24) is 15.1 Å². The van der Waals surface area contributed by atoms with E-state index < -0.39 is 0 Å². The number of carbonyl (C=O) groups is 1. The third-order valence-corrected chi connectivity index (χ3v) is 4.40. The summed E-state index contributed by atoms with van der Waals surface area (Å²) in [5.41, 5.74) is 1.04. The first-order valence-corrected chi connectivity index (χ1v) is 8.40. The van der Waals surface area contributed by atoms with Crippen molar-refractivity contribution in [2.45, 2.75) is 31.9 Å². The van der Waals surface area contributed by atoms with Crippen LogP contribution in [0.2, 0.25) is 0 Å². The molecule has 6 heteroatoms. The van der Waals surface area contributed by atoms with Crippen molar-refractivity contribution < 1.29 is 9.53 Å². The molecule has 3 atom stereocenters. The average Bonchev–Trinajstić information content (AvgIpc) is 2.86. The first-order valence-electron chi connectivity index (χ1n) is 7.01. The Morgan fingerprint density at radius 1 is 1.70 bits per heavy atom. The minimum atomic E-state index is -0.0807. The van der Waals surface area contributed by atoms with Gasteiger partial charge in [0.05, 0.1) is 12.2 Å². The Hall–Kier alpha value is -1.01. The molecule has 0 aliphatic carbocycles. The van der Waals surface area contributed by atoms with Crippen molar-refractivity contribution in [3.8, 4) is 0 Å². The normalized spacial score (nSPS) is 24.4. The molecule has 1 saturated heterocycles. The van der Waals surface area contributed by atoms with E-state index in [1.165, 1.54) is 0 Å². The van der Waals surface area contributed by atoms with Crippen molar-refractivity contribution >= 4 is 17.7 Å². The van der Waals surface area contributed by atoms with Gasteiger partial charge in [-0.2, -0.15) is 16.9 Å². The second-order valence-electron chi connectivity index (χ2n) is 5.35. The molecule has 1 aromatic rings. The number of amides is 1. The molecule has 1 N–H and O–H groups in total. The van der Waals surface area contributed by atoms with E-state index in [0.29, 0.717) is 0 Å². The van der Waals surface area contributed by atoms with Crippen LogP contribution in [0.3, 0.4) is 0 Å². The molecule has 1 aliphatic heterocycles. The SMILES string of the molecule is CSC[C@@H](C)C(=O)N[C@H]1CCCO[C@@H]1c1cnn(C)c1. The maximum Gasteiger partial charge on any atom is 0.223 e. The van der Waals surface area contributed by atoms with E-state index in [2.05, 4.69) is 10.4 Å². The Morgan fingerprint density at radius 2 is 2.50 bits per heavy atom. The Morgan fingerprint density at radius 3 is 3.15 bits per heavy atom. The number of nitrogens with one attached hydrogen (secondary N) is 1. The molecular formula is C14H23N3O2S. The van der Waals surface area contributed by atoms with Gasteiger partial charge in [-0.25, -0.2) is 0 Å². The molecule has 1 amide bonds. The zero-order valence-corrected chi connectivity index (χ0v) is 13.2. The summed E-state index contributed by atoms with van der Waals surface area (Å²) in [5, 5.41) is 7.34. The van der Waals surface area contributed by atoms with Gasteiger partial charge in [0.2, 0.25) is 5.91 Å². The third kappa shape index (κ3) is 3.76. The van der Waals surface area contributed by atoms with Crippen LogP contribution in [0.15, 0.2) is 12.4 Å². The van der Waals surface area contributed by atoms with Crippen molar-refractivity contribution in [2.75, 3.05) is 18.6 Å². The highest BCUT2D eigenvalue weighted by atomic mass is 32.2. The molecule has 0 spiro atoms. The maximum absolute atomic E-state index is 12.2. The molecular weight excluding hydrogens is 274 g/mol. The maximum atomic E-state index is 12.2.